The van der Waals surface area contributed by atoms with Crippen LogP contribution in [0, 0.1) is 18.8 Å². The van der Waals surface area contributed by atoms with Gasteiger partial charge in [-0.15, -0.1) is 11.3 Å². The first kappa shape index (κ1) is 16.9. The SMILES string of the molecule is Cc1nc(C(C)C)sc1C(C)N(C)C(=O)C1CCC1C(=O)O. The zero-order chi connectivity index (χ0) is 16.6. The summed E-state index contributed by atoms with van der Waals surface area (Å²) in [5.74, 6) is -1.45. The van der Waals surface area contributed by atoms with Crippen LogP contribution in [0.2, 0.25) is 0 Å². The molecular formula is C16H24N2O3S. The van der Waals surface area contributed by atoms with E-state index in [0.717, 1.165) is 15.6 Å². The van der Waals surface area contributed by atoms with Gasteiger partial charge < -0.3 is 10.0 Å². The molecule has 3 unspecified atom stereocenters. The highest BCUT2D eigenvalue weighted by atomic mass is 32.1. The number of hydrogen-bond acceptors (Lipinski definition) is 4. The number of thiazole rings is 1. The van der Waals surface area contributed by atoms with Gasteiger partial charge in [0.15, 0.2) is 0 Å². The van der Waals surface area contributed by atoms with Gasteiger partial charge in [0, 0.05) is 17.8 Å². The zero-order valence-corrected chi connectivity index (χ0v) is 14.6. The van der Waals surface area contributed by atoms with E-state index >= 15 is 0 Å². The van der Waals surface area contributed by atoms with Gasteiger partial charge in [0.05, 0.1) is 28.6 Å². The van der Waals surface area contributed by atoms with Crippen molar-refractivity contribution in [1.29, 1.82) is 0 Å². The fraction of sp³-hybridized carbons (Fsp3) is 0.688. The summed E-state index contributed by atoms with van der Waals surface area (Å²) in [5, 5.41) is 10.2. The van der Waals surface area contributed by atoms with Crippen LogP contribution in [0.5, 0.6) is 0 Å². The number of rotatable bonds is 5. The lowest BCUT2D eigenvalue weighted by Crippen LogP contribution is -2.45. The summed E-state index contributed by atoms with van der Waals surface area (Å²) in [4.78, 5) is 31.0. The number of aliphatic carboxylic acids is 1. The van der Waals surface area contributed by atoms with Crippen molar-refractivity contribution in [2.45, 2.75) is 52.5 Å². The van der Waals surface area contributed by atoms with Crippen molar-refractivity contribution in [2.75, 3.05) is 7.05 Å². The Kier molecular flexibility index (Phi) is 4.90. The molecule has 5 nitrogen and oxygen atoms in total. The van der Waals surface area contributed by atoms with Crippen molar-refractivity contribution in [3.05, 3.63) is 15.6 Å². The van der Waals surface area contributed by atoms with Crippen LogP contribution in [0.15, 0.2) is 0 Å². The summed E-state index contributed by atoms with van der Waals surface area (Å²) in [6.07, 6.45) is 1.27. The van der Waals surface area contributed by atoms with E-state index in [1.807, 2.05) is 13.8 Å². The van der Waals surface area contributed by atoms with Gasteiger partial charge in [-0.3, -0.25) is 9.59 Å². The van der Waals surface area contributed by atoms with E-state index < -0.39 is 11.9 Å². The number of hydrogen-bond donors (Lipinski definition) is 1. The molecule has 1 fully saturated rings. The molecule has 1 aromatic heterocycles. The van der Waals surface area contributed by atoms with Gasteiger partial charge in [-0.2, -0.15) is 0 Å². The summed E-state index contributed by atoms with van der Waals surface area (Å²) in [7, 11) is 1.76. The summed E-state index contributed by atoms with van der Waals surface area (Å²) < 4.78 is 0. The molecule has 1 aromatic rings. The van der Waals surface area contributed by atoms with Crippen molar-refractivity contribution in [3.8, 4) is 0 Å². The van der Waals surface area contributed by atoms with E-state index in [2.05, 4.69) is 18.8 Å². The Balaban J connectivity index is 2.13. The molecule has 1 amide bonds. The number of amides is 1. The third kappa shape index (κ3) is 3.02. The molecule has 1 saturated carbocycles. The van der Waals surface area contributed by atoms with E-state index in [1.165, 1.54) is 0 Å². The second-order valence-corrected chi connectivity index (χ2v) is 7.47. The number of aryl methyl sites for hydroxylation is 1. The molecular weight excluding hydrogens is 300 g/mol. The van der Waals surface area contributed by atoms with Gasteiger partial charge in [0.2, 0.25) is 5.91 Å². The fourth-order valence-corrected chi connectivity index (χ4v) is 3.95. The highest BCUT2D eigenvalue weighted by molar-refractivity contribution is 7.11. The van der Waals surface area contributed by atoms with Crippen molar-refractivity contribution < 1.29 is 14.7 Å². The Labute approximate surface area is 135 Å². The predicted octanol–water partition coefficient (Wildman–Crippen LogP) is 3.21. The zero-order valence-electron chi connectivity index (χ0n) is 13.8. The summed E-state index contributed by atoms with van der Waals surface area (Å²) in [6, 6.07) is -0.0763. The molecule has 0 saturated heterocycles. The smallest absolute Gasteiger partial charge is 0.307 e. The first-order chi connectivity index (χ1) is 10.2. The maximum atomic E-state index is 12.6. The van der Waals surface area contributed by atoms with Crippen molar-refractivity contribution in [3.63, 3.8) is 0 Å². The molecule has 0 radical (unpaired) electrons. The maximum absolute atomic E-state index is 12.6. The van der Waals surface area contributed by atoms with Gasteiger partial charge >= 0.3 is 5.97 Å². The van der Waals surface area contributed by atoms with E-state index in [1.54, 1.807) is 23.3 Å². The van der Waals surface area contributed by atoms with Crippen LogP contribution >= 0.6 is 11.3 Å². The summed E-state index contributed by atoms with van der Waals surface area (Å²) >= 11 is 1.64. The third-order valence-electron chi connectivity index (χ3n) is 4.56. The summed E-state index contributed by atoms with van der Waals surface area (Å²) in [5.41, 5.74) is 0.962. The summed E-state index contributed by atoms with van der Waals surface area (Å²) in [6.45, 7) is 8.16. The minimum atomic E-state index is -0.860. The van der Waals surface area contributed by atoms with Crippen LogP contribution in [0.4, 0.5) is 0 Å². The van der Waals surface area contributed by atoms with E-state index in [9.17, 15) is 9.59 Å². The molecule has 122 valence electrons. The van der Waals surface area contributed by atoms with Gasteiger partial charge in [0.25, 0.3) is 0 Å². The molecule has 1 aliphatic carbocycles. The van der Waals surface area contributed by atoms with Crippen LogP contribution in [-0.2, 0) is 9.59 Å². The van der Waals surface area contributed by atoms with Crippen molar-refractivity contribution in [2.24, 2.45) is 11.8 Å². The largest absolute Gasteiger partial charge is 0.481 e. The highest BCUT2D eigenvalue weighted by Gasteiger charge is 2.43. The lowest BCUT2D eigenvalue weighted by Gasteiger charge is -2.37. The van der Waals surface area contributed by atoms with Gasteiger partial charge in [-0.1, -0.05) is 13.8 Å². The highest BCUT2D eigenvalue weighted by Crippen LogP contribution is 2.38. The van der Waals surface area contributed by atoms with E-state index in [0.29, 0.717) is 18.8 Å². The fourth-order valence-electron chi connectivity index (χ4n) is 2.78. The Morgan fingerprint density at radius 2 is 1.86 bits per heavy atom. The second kappa shape index (κ2) is 6.36. The monoisotopic (exact) mass is 324 g/mol. The quantitative estimate of drug-likeness (QED) is 0.903. The number of aromatic nitrogens is 1. The van der Waals surface area contributed by atoms with Gasteiger partial charge in [-0.05, 0) is 26.7 Å². The van der Waals surface area contributed by atoms with E-state index in [-0.39, 0.29) is 17.9 Å². The van der Waals surface area contributed by atoms with E-state index in [4.69, 9.17) is 5.11 Å². The van der Waals surface area contributed by atoms with Crippen LogP contribution in [0.1, 0.15) is 61.2 Å². The molecule has 6 heteroatoms. The topological polar surface area (TPSA) is 70.5 Å². The van der Waals surface area contributed by atoms with Crippen LogP contribution in [0.3, 0.4) is 0 Å². The van der Waals surface area contributed by atoms with Crippen LogP contribution in [0.25, 0.3) is 0 Å². The number of carboxylic acids is 1. The average Bonchev–Trinajstić information content (AvgIpc) is 2.77. The number of carbonyl (C=O) groups excluding carboxylic acids is 1. The number of carbonyl (C=O) groups is 2. The molecule has 22 heavy (non-hydrogen) atoms. The normalized spacial score (nSPS) is 22.3. The first-order valence-electron chi connectivity index (χ1n) is 7.70. The van der Waals surface area contributed by atoms with Crippen LogP contribution < -0.4 is 0 Å². The predicted molar refractivity (Wildman–Crippen MR) is 86.0 cm³/mol. The molecule has 0 bridgehead atoms. The third-order valence-corrected chi connectivity index (χ3v) is 6.19. The second-order valence-electron chi connectivity index (χ2n) is 6.41. The van der Waals surface area contributed by atoms with Crippen LogP contribution in [-0.4, -0.2) is 33.9 Å². The average molecular weight is 324 g/mol. The first-order valence-corrected chi connectivity index (χ1v) is 8.52. The maximum Gasteiger partial charge on any atom is 0.307 e. The molecule has 1 heterocycles. The lowest BCUT2D eigenvalue weighted by molar-refractivity contribution is -0.156. The Morgan fingerprint density at radius 3 is 2.27 bits per heavy atom. The molecule has 1 aliphatic rings. The number of nitrogens with zero attached hydrogens (tertiary/aromatic N) is 2. The molecule has 2 rings (SSSR count). The minimum Gasteiger partial charge on any atom is -0.481 e. The molecule has 1 N–H and O–H groups in total. The number of carboxylic acid groups (broad SMARTS) is 1. The Hall–Kier alpha value is -1.43. The Morgan fingerprint density at radius 1 is 1.27 bits per heavy atom. The molecule has 0 aliphatic heterocycles. The van der Waals surface area contributed by atoms with Crippen molar-refractivity contribution >= 4 is 23.2 Å². The lowest BCUT2D eigenvalue weighted by atomic mass is 9.73. The van der Waals surface area contributed by atoms with Gasteiger partial charge in [0.1, 0.15) is 0 Å². The molecule has 3 atom stereocenters. The van der Waals surface area contributed by atoms with Gasteiger partial charge in [-0.25, -0.2) is 4.98 Å². The Bertz CT molecular complexity index is 582. The minimum absolute atomic E-state index is 0.0648. The van der Waals surface area contributed by atoms with Crippen molar-refractivity contribution in [1.82, 2.24) is 9.88 Å². The standard InChI is InChI=1S/C16H24N2O3S/c1-8(2)14-17-9(3)13(22-14)10(4)18(5)15(19)11-6-7-12(11)16(20)21/h8,10-12H,6-7H2,1-5H3,(H,20,21). The molecule has 0 spiro atoms. The molecule has 0 aromatic carbocycles.